The number of hydrogen-bond acceptors (Lipinski definition) is 6. The summed E-state index contributed by atoms with van der Waals surface area (Å²) >= 11 is 12.0. The number of amides is 1. The van der Waals surface area contributed by atoms with Crippen LogP contribution in [0.3, 0.4) is 0 Å². The molecule has 10 heteroatoms. The molecule has 7 nitrogen and oxygen atoms in total. The molecule has 0 aliphatic carbocycles. The predicted molar refractivity (Wildman–Crippen MR) is 152 cm³/mol. The SMILES string of the molecule is Cc1cc(OCCCN2CCN(c3ccc(C(=O)NS(=O)(=O)c4ccc(Cl)cc4)cc3)CC2)cc(C)c1Cl. The first-order valence-corrected chi connectivity index (χ1v) is 14.7. The van der Waals surface area contributed by atoms with Crippen LogP contribution in [0.2, 0.25) is 10.0 Å². The normalized spacial score (nSPS) is 14.4. The summed E-state index contributed by atoms with van der Waals surface area (Å²) in [6.07, 6.45) is 0.934. The fraction of sp³-hybridized carbons (Fsp3) is 0.321. The van der Waals surface area contributed by atoms with E-state index in [1.165, 1.54) is 24.3 Å². The zero-order valence-corrected chi connectivity index (χ0v) is 23.7. The molecule has 38 heavy (non-hydrogen) atoms. The first-order chi connectivity index (χ1) is 18.1. The maximum atomic E-state index is 12.5. The standard InChI is InChI=1S/C28H31Cl2N3O4S/c1-20-18-25(19-21(2)27(20)30)37-17-3-12-32-13-15-33(16-14-32)24-8-4-22(5-9-24)28(34)31-38(35,36)26-10-6-23(29)7-11-26/h4-11,18-19H,3,12-17H2,1-2H3,(H,31,34). The van der Waals surface area contributed by atoms with Crippen molar-refractivity contribution in [3.05, 3.63) is 87.4 Å². The molecule has 3 aromatic carbocycles. The Morgan fingerprint density at radius 3 is 2.13 bits per heavy atom. The van der Waals surface area contributed by atoms with Crippen LogP contribution in [-0.4, -0.2) is 58.6 Å². The quantitative estimate of drug-likeness (QED) is 0.348. The van der Waals surface area contributed by atoms with Gasteiger partial charge in [0.15, 0.2) is 0 Å². The van der Waals surface area contributed by atoms with Crippen molar-refractivity contribution in [2.45, 2.75) is 25.2 Å². The van der Waals surface area contributed by atoms with Crippen molar-refractivity contribution in [3.8, 4) is 5.75 Å². The Morgan fingerprint density at radius 1 is 0.921 bits per heavy atom. The molecule has 202 valence electrons. The van der Waals surface area contributed by atoms with Crippen LogP contribution in [0, 0.1) is 13.8 Å². The van der Waals surface area contributed by atoms with Gasteiger partial charge in [0, 0.05) is 54.0 Å². The lowest BCUT2D eigenvalue weighted by Crippen LogP contribution is -2.46. The lowest BCUT2D eigenvalue weighted by molar-refractivity contribution is 0.0981. The summed E-state index contributed by atoms with van der Waals surface area (Å²) in [4.78, 5) is 17.2. The second-order valence-electron chi connectivity index (χ2n) is 9.34. The lowest BCUT2D eigenvalue weighted by Gasteiger charge is -2.36. The molecule has 0 aromatic heterocycles. The summed E-state index contributed by atoms with van der Waals surface area (Å²) in [5, 5.41) is 1.20. The van der Waals surface area contributed by atoms with Crippen LogP contribution in [0.1, 0.15) is 27.9 Å². The zero-order chi connectivity index (χ0) is 27.3. The highest BCUT2D eigenvalue weighted by atomic mass is 35.5. The number of sulfonamides is 1. The molecule has 0 radical (unpaired) electrons. The van der Waals surface area contributed by atoms with Gasteiger partial charge in [-0.15, -0.1) is 0 Å². The smallest absolute Gasteiger partial charge is 0.264 e. The predicted octanol–water partition coefficient (Wildman–Crippen LogP) is 5.32. The van der Waals surface area contributed by atoms with Gasteiger partial charge in [0.2, 0.25) is 0 Å². The molecule has 1 fully saturated rings. The number of hydrogen-bond donors (Lipinski definition) is 1. The minimum Gasteiger partial charge on any atom is -0.494 e. The van der Waals surface area contributed by atoms with E-state index in [1.54, 1.807) is 12.1 Å². The van der Waals surface area contributed by atoms with Crippen molar-refractivity contribution in [3.63, 3.8) is 0 Å². The molecule has 0 bridgehead atoms. The molecule has 0 spiro atoms. The fourth-order valence-electron chi connectivity index (χ4n) is 4.37. The second kappa shape index (κ2) is 12.4. The van der Waals surface area contributed by atoms with E-state index in [9.17, 15) is 13.2 Å². The Bertz CT molecular complexity index is 1350. The summed E-state index contributed by atoms with van der Waals surface area (Å²) in [5.74, 6) is 0.177. The molecular formula is C28H31Cl2N3O4S. The third kappa shape index (κ3) is 7.20. The van der Waals surface area contributed by atoms with E-state index in [4.69, 9.17) is 27.9 Å². The van der Waals surface area contributed by atoms with E-state index in [-0.39, 0.29) is 10.5 Å². The van der Waals surface area contributed by atoms with Crippen molar-refractivity contribution < 1.29 is 17.9 Å². The number of rotatable bonds is 9. The van der Waals surface area contributed by atoms with E-state index >= 15 is 0 Å². The molecule has 1 amide bonds. The monoisotopic (exact) mass is 575 g/mol. The number of halogens is 2. The molecule has 1 heterocycles. The summed E-state index contributed by atoms with van der Waals surface area (Å²) in [7, 11) is -3.98. The van der Waals surface area contributed by atoms with Gasteiger partial charge >= 0.3 is 0 Å². The minimum absolute atomic E-state index is 0.0218. The van der Waals surface area contributed by atoms with E-state index in [1.807, 2.05) is 38.1 Å². The van der Waals surface area contributed by atoms with Gasteiger partial charge in [-0.25, -0.2) is 13.1 Å². The van der Waals surface area contributed by atoms with Crippen LogP contribution in [0.15, 0.2) is 65.6 Å². The number of nitrogens with zero attached hydrogens (tertiary/aromatic N) is 2. The van der Waals surface area contributed by atoms with Gasteiger partial charge in [0.1, 0.15) is 5.75 Å². The number of carbonyl (C=O) groups excluding carboxylic acids is 1. The van der Waals surface area contributed by atoms with Gasteiger partial charge in [-0.05, 0) is 92.1 Å². The van der Waals surface area contributed by atoms with Crippen LogP contribution >= 0.6 is 23.2 Å². The van der Waals surface area contributed by atoms with E-state index in [0.29, 0.717) is 11.6 Å². The average Bonchev–Trinajstić information content (AvgIpc) is 2.90. The summed E-state index contributed by atoms with van der Waals surface area (Å²) < 4.78 is 33.0. The highest BCUT2D eigenvalue weighted by molar-refractivity contribution is 7.90. The molecule has 0 saturated carbocycles. The molecule has 1 aliphatic heterocycles. The molecule has 1 saturated heterocycles. The maximum absolute atomic E-state index is 12.5. The number of benzene rings is 3. The number of anilines is 1. The highest BCUT2D eigenvalue weighted by Crippen LogP contribution is 2.26. The molecule has 4 rings (SSSR count). The van der Waals surface area contributed by atoms with Gasteiger partial charge in [-0.3, -0.25) is 9.69 Å². The van der Waals surface area contributed by atoms with E-state index in [2.05, 4.69) is 14.5 Å². The molecule has 0 atom stereocenters. The summed E-state index contributed by atoms with van der Waals surface area (Å²) in [5.41, 5.74) is 3.32. The van der Waals surface area contributed by atoms with Crippen LogP contribution in [0.5, 0.6) is 5.75 Å². The van der Waals surface area contributed by atoms with Crippen LogP contribution in [-0.2, 0) is 10.0 Å². The number of piperazine rings is 1. The molecule has 3 aromatic rings. The number of carbonyl (C=O) groups is 1. The van der Waals surface area contributed by atoms with Gasteiger partial charge in [-0.2, -0.15) is 0 Å². The van der Waals surface area contributed by atoms with Crippen molar-refractivity contribution in [2.75, 3.05) is 44.2 Å². The van der Waals surface area contributed by atoms with Crippen LogP contribution in [0.4, 0.5) is 5.69 Å². The van der Waals surface area contributed by atoms with Gasteiger partial charge in [-0.1, -0.05) is 23.2 Å². The average molecular weight is 577 g/mol. The Balaban J connectivity index is 1.22. The number of nitrogens with one attached hydrogen (secondary N) is 1. The first kappa shape index (κ1) is 28.2. The van der Waals surface area contributed by atoms with Crippen LogP contribution < -0.4 is 14.4 Å². The van der Waals surface area contributed by atoms with Gasteiger partial charge < -0.3 is 9.64 Å². The van der Waals surface area contributed by atoms with Crippen molar-refractivity contribution in [2.24, 2.45) is 0 Å². The second-order valence-corrected chi connectivity index (χ2v) is 11.8. The van der Waals surface area contributed by atoms with Crippen molar-refractivity contribution >= 4 is 44.8 Å². The number of ether oxygens (including phenoxy) is 1. The lowest BCUT2D eigenvalue weighted by atomic mass is 10.1. The molecular weight excluding hydrogens is 545 g/mol. The minimum atomic E-state index is -3.98. The van der Waals surface area contributed by atoms with Crippen molar-refractivity contribution in [1.82, 2.24) is 9.62 Å². The van der Waals surface area contributed by atoms with E-state index in [0.717, 1.165) is 66.7 Å². The zero-order valence-electron chi connectivity index (χ0n) is 21.4. The Kier molecular flexibility index (Phi) is 9.20. The fourth-order valence-corrected chi connectivity index (χ4v) is 5.58. The van der Waals surface area contributed by atoms with Crippen molar-refractivity contribution in [1.29, 1.82) is 0 Å². The largest absolute Gasteiger partial charge is 0.494 e. The van der Waals surface area contributed by atoms with Gasteiger partial charge in [0.25, 0.3) is 15.9 Å². The summed E-state index contributed by atoms with van der Waals surface area (Å²) in [6.45, 7) is 9.18. The van der Waals surface area contributed by atoms with Crippen LogP contribution in [0.25, 0.3) is 0 Å². The molecule has 1 N–H and O–H groups in total. The first-order valence-electron chi connectivity index (χ1n) is 12.4. The Labute approximate surface area is 234 Å². The topological polar surface area (TPSA) is 79.0 Å². The number of aryl methyl sites for hydroxylation is 2. The maximum Gasteiger partial charge on any atom is 0.264 e. The Morgan fingerprint density at radius 2 is 1.53 bits per heavy atom. The molecule has 1 aliphatic rings. The highest BCUT2D eigenvalue weighted by Gasteiger charge is 2.20. The molecule has 0 unspecified atom stereocenters. The third-order valence-corrected chi connectivity index (χ3v) is 8.71. The van der Waals surface area contributed by atoms with Gasteiger partial charge in [0.05, 0.1) is 11.5 Å². The third-order valence-electron chi connectivity index (χ3n) is 6.52. The Hall–Kier alpha value is -2.78. The summed E-state index contributed by atoms with van der Waals surface area (Å²) in [6, 6.07) is 16.6. The van der Waals surface area contributed by atoms with E-state index < -0.39 is 15.9 Å².